The molecule has 0 saturated carbocycles. The molecule has 7 nitrogen and oxygen atoms in total. The van der Waals surface area contributed by atoms with Gasteiger partial charge in [0, 0.05) is 18.8 Å². The smallest absolute Gasteiger partial charge is 0.337 e. The van der Waals surface area contributed by atoms with Crippen molar-refractivity contribution >= 4 is 16.9 Å². The van der Waals surface area contributed by atoms with Crippen molar-refractivity contribution < 1.29 is 4.79 Å². The fraction of sp³-hybridized carbons (Fsp3) is 0.231. The van der Waals surface area contributed by atoms with E-state index in [1.165, 1.54) is 9.13 Å². The number of carbonyl (C=O) groups is 1. The minimum Gasteiger partial charge on any atom is -0.339 e. The van der Waals surface area contributed by atoms with Gasteiger partial charge in [-0.15, -0.1) is 0 Å². The number of likely N-dealkylation sites (tertiary alicyclic amines) is 1. The quantitative estimate of drug-likeness (QED) is 0.489. The van der Waals surface area contributed by atoms with Gasteiger partial charge in [-0.1, -0.05) is 48.5 Å². The predicted molar refractivity (Wildman–Crippen MR) is 127 cm³/mol. The summed E-state index contributed by atoms with van der Waals surface area (Å²) < 4.78 is 2.63. The highest BCUT2D eigenvalue weighted by molar-refractivity contribution is 6.05. The van der Waals surface area contributed by atoms with E-state index < -0.39 is 11.2 Å². The maximum Gasteiger partial charge on any atom is 0.337 e. The Labute approximate surface area is 190 Å². The third kappa shape index (κ3) is 3.75. The molecule has 1 aliphatic heterocycles. The summed E-state index contributed by atoms with van der Waals surface area (Å²) in [4.78, 5) is 47.1. The molecule has 2 aromatic heterocycles. The molecule has 7 heteroatoms. The van der Waals surface area contributed by atoms with Crippen molar-refractivity contribution in [2.45, 2.75) is 26.3 Å². The number of carbonyl (C=O) groups excluding carboxylic acids is 1. The first-order valence-electron chi connectivity index (χ1n) is 11.1. The van der Waals surface area contributed by atoms with Gasteiger partial charge in [-0.25, -0.2) is 14.3 Å². The molecular formula is C26H24N4O3. The van der Waals surface area contributed by atoms with Crippen LogP contribution in [0.2, 0.25) is 0 Å². The Bertz CT molecular complexity index is 1450. The summed E-state index contributed by atoms with van der Waals surface area (Å²) in [6.45, 7) is 3.21. The zero-order chi connectivity index (χ0) is 22.9. The molecule has 0 aliphatic carbocycles. The second-order valence-corrected chi connectivity index (χ2v) is 8.34. The molecular weight excluding hydrogens is 416 g/mol. The van der Waals surface area contributed by atoms with Gasteiger partial charge in [0.15, 0.2) is 5.65 Å². The van der Waals surface area contributed by atoms with E-state index in [4.69, 9.17) is 0 Å². The predicted octanol–water partition coefficient (Wildman–Crippen LogP) is 3.14. The van der Waals surface area contributed by atoms with Crippen LogP contribution in [0.1, 0.15) is 34.5 Å². The van der Waals surface area contributed by atoms with Crippen LogP contribution in [0.15, 0.2) is 76.3 Å². The lowest BCUT2D eigenvalue weighted by Crippen LogP contribution is -2.41. The van der Waals surface area contributed by atoms with Crippen LogP contribution in [-0.2, 0) is 6.54 Å². The molecule has 0 atom stereocenters. The molecule has 5 rings (SSSR count). The Balaban J connectivity index is 1.85. The highest BCUT2D eigenvalue weighted by Crippen LogP contribution is 2.21. The van der Waals surface area contributed by atoms with Crippen LogP contribution in [0.3, 0.4) is 0 Å². The second-order valence-electron chi connectivity index (χ2n) is 8.34. The largest absolute Gasteiger partial charge is 0.339 e. The molecule has 3 heterocycles. The van der Waals surface area contributed by atoms with E-state index in [-0.39, 0.29) is 23.5 Å². The van der Waals surface area contributed by atoms with Gasteiger partial charge >= 0.3 is 5.69 Å². The van der Waals surface area contributed by atoms with Gasteiger partial charge in [-0.3, -0.25) is 14.2 Å². The molecule has 0 unspecified atom stereocenters. The first-order valence-corrected chi connectivity index (χ1v) is 11.1. The lowest BCUT2D eigenvalue weighted by atomic mass is 10.1. The van der Waals surface area contributed by atoms with E-state index in [1.54, 1.807) is 30.0 Å². The van der Waals surface area contributed by atoms with Crippen molar-refractivity contribution in [3.63, 3.8) is 0 Å². The fourth-order valence-corrected chi connectivity index (χ4v) is 4.44. The molecule has 1 aliphatic rings. The summed E-state index contributed by atoms with van der Waals surface area (Å²) in [7, 11) is 0. The zero-order valence-electron chi connectivity index (χ0n) is 18.4. The summed E-state index contributed by atoms with van der Waals surface area (Å²) in [5.74, 6) is -0.190. The van der Waals surface area contributed by atoms with Crippen LogP contribution in [0, 0.1) is 6.92 Å². The van der Waals surface area contributed by atoms with Gasteiger partial charge < -0.3 is 4.90 Å². The monoisotopic (exact) mass is 440 g/mol. The van der Waals surface area contributed by atoms with Crippen molar-refractivity contribution in [2.24, 2.45) is 0 Å². The van der Waals surface area contributed by atoms with Crippen molar-refractivity contribution in [2.75, 3.05) is 13.1 Å². The standard InChI is InChI=1S/C26H24N4O3/c1-18-16-21(24(31)28-14-8-9-15-28)22-23(27-18)30(20-12-6-3-7-13-20)26(33)29(25(22)32)17-19-10-4-2-5-11-19/h2-7,10-13,16H,8-9,14-15,17H2,1H3. The Hall–Kier alpha value is -4.00. The zero-order valence-corrected chi connectivity index (χ0v) is 18.4. The highest BCUT2D eigenvalue weighted by atomic mass is 16.2. The van der Waals surface area contributed by atoms with Crippen LogP contribution >= 0.6 is 0 Å². The SMILES string of the molecule is Cc1cc(C(=O)N2CCCC2)c2c(=O)n(Cc3ccccc3)c(=O)n(-c3ccccc3)c2n1. The van der Waals surface area contributed by atoms with Crippen LogP contribution in [0.4, 0.5) is 0 Å². The Morgan fingerprint density at radius 1 is 0.939 bits per heavy atom. The summed E-state index contributed by atoms with van der Waals surface area (Å²) in [6.07, 6.45) is 1.89. The van der Waals surface area contributed by atoms with Crippen molar-refractivity contribution in [1.29, 1.82) is 0 Å². The number of rotatable bonds is 4. The molecule has 2 aromatic carbocycles. The van der Waals surface area contributed by atoms with Gasteiger partial charge in [-0.05, 0) is 43.5 Å². The summed E-state index contributed by atoms with van der Waals surface area (Å²) in [6, 6.07) is 20.1. The van der Waals surface area contributed by atoms with Gasteiger partial charge in [0.1, 0.15) is 0 Å². The second kappa shape index (κ2) is 8.50. The molecule has 33 heavy (non-hydrogen) atoms. The number of fused-ring (bicyclic) bond motifs is 1. The Kier molecular flexibility index (Phi) is 5.38. The number of pyridine rings is 1. The van der Waals surface area contributed by atoms with E-state index in [2.05, 4.69) is 4.98 Å². The van der Waals surface area contributed by atoms with E-state index in [0.717, 1.165) is 18.4 Å². The van der Waals surface area contributed by atoms with Crippen molar-refractivity contribution in [3.8, 4) is 5.69 Å². The molecule has 0 spiro atoms. The van der Waals surface area contributed by atoms with E-state index in [9.17, 15) is 14.4 Å². The minimum atomic E-state index is -0.499. The Morgan fingerprint density at radius 3 is 2.24 bits per heavy atom. The highest BCUT2D eigenvalue weighted by Gasteiger charge is 2.26. The van der Waals surface area contributed by atoms with E-state index in [0.29, 0.717) is 30.0 Å². The average Bonchev–Trinajstić information content (AvgIpc) is 3.37. The first-order chi connectivity index (χ1) is 16.0. The topological polar surface area (TPSA) is 77.2 Å². The molecule has 166 valence electrons. The summed E-state index contributed by atoms with van der Waals surface area (Å²) in [5, 5.41) is 0.178. The van der Waals surface area contributed by atoms with Gasteiger partial charge in [0.05, 0.1) is 23.2 Å². The summed E-state index contributed by atoms with van der Waals surface area (Å²) >= 11 is 0. The van der Waals surface area contributed by atoms with Crippen molar-refractivity contribution in [1.82, 2.24) is 19.0 Å². The van der Waals surface area contributed by atoms with Gasteiger partial charge in [-0.2, -0.15) is 0 Å². The normalized spacial score (nSPS) is 13.5. The number of hydrogen-bond acceptors (Lipinski definition) is 4. The molecule has 4 aromatic rings. The fourth-order valence-electron chi connectivity index (χ4n) is 4.44. The van der Waals surface area contributed by atoms with Crippen molar-refractivity contribution in [3.05, 3.63) is 104 Å². The van der Waals surface area contributed by atoms with Crippen LogP contribution in [0.5, 0.6) is 0 Å². The maximum atomic E-state index is 13.7. The third-order valence-corrected chi connectivity index (χ3v) is 6.04. The summed E-state index contributed by atoms with van der Waals surface area (Å²) in [5.41, 5.74) is 1.52. The van der Waals surface area contributed by atoms with Gasteiger partial charge in [0.2, 0.25) is 0 Å². The number of nitrogens with zero attached hydrogens (tertiary/aromatic N) is 4. The minimum absolute atomic E-state index is 0.104. The first kappa shape index (κ1) is 20.9. The lowest BCUT2D eigenvalue weighted by Gasteiger charge is -2.19. The number of para-hydroxylation sites is 1. The average molecular weight is 441 g/mol. The van der Waals surface area contributed by atoms with Crippen LogP contribution in [-0.4, -0.2) is 38.0 Å². The molecule has 0 bridgehead atoms. The molecule has 0 N–H and O–H groups in total. The van der Waals surface area contributed by atoms with E-state index >= 15 is 0 Å². The third-order valence-electron chi connectivity index (χ3n) is 6.04. The molecule has 1 fully saturated rings. The molecule has 0 radical (unpaired) electrons. The number of aryl methyl sites for hydroxylation is 1. The van der Waals surface area contributed by atoms with Crippen LogP contribution < -0.4 is 11.2 Å². The van der Waals surface area contributed by atoms with E-state index in [1.807, 2.05) is 48.5 Å². The Morgan fingerprint density at radius 2 is 1.58 bits per heavy atom. The lowest BCUT2D eigenvalue weighted by molar-refractivity contribution is 0.0794. The number of aromatic nitrogens is 3. The van der Waals surface area contributed by atoms with Gasteiger partial charge in [0.25, 0.3) is 11.5 Å². The number of hydrogen-bond donors (Lipinski definition) is 0. The maximum absolute atomic E-state index is 13.7. The number of amides is 1. The number of benzene rings is 2. The molecule has 1 amide bonds. The van der Waals surface area contributed by atoms with Crippen LogP contribution in [0.25, 0.3) is 16.7 Å². The molecule has 1 saturated heterocycles.